The molecule has 1 aliphatic rings. The van der Waals surface area contributed by atoms with Crippen LogP contribution in [0.2, 0.25) is 0 Å². The summed E-state index contributed by atoms with van der Waals surface area (Å²) in [4.78, 5) is 53.6. The Balaban J connectivity index is 0.000000235. The number of benzene rings is 6. The molecule has 16 nitrogen and oxygen atoms in total. The first kappa shape index (κ1) is 52.2. The third-order valence-corrected chi connectivity index (χ3v) is 11.4. The Bertz CT molecular complexity index is 2710. The molecule has 0 N–H and O–H groups in total. The van der Waals surface area contributed by atoms with Gasteiger partial charge >= 0.3 is 14.0 Å². The highest BCUT2D eigenvalue weighted by Gasteiger charge is 2.39. The average Bonchev–Trinajstić information content (AvgIpc) is 3.66. The molecular weight excluding hydrogens is 911 g/mol. The van der Waals surface area contributed by atoms with Crippen LogP contribution in [-0.2, 0) is 35.9 Å². The molecule has 0 bridgehead atoms. The van der Waals surface area contributed by atoms with Crippen LogP contribution in [0.5, 0.6) is 51.7 Å². The van der Waals surface area contributed by atoms with Crippen LogP contribution in [0.4, 0.5) is 0 Å². The smallest absolute Gasteiger partial charge is 0.378 e. The number of carbonyl (C=O) groups excluding carboxylic acids is 4. The first-order chi connectivity index (χ1) is 34.6. The Morgan fingerprint density at radius 3 is 1.34 bits per heavy atom. The van der Waals surface area contributed by atoms with Crippen molar-refractivity contribution in [2.75, 3.05) is 54.6 Å². The number of imide groups is 1. The maximum atomic E-state index is 13.5. The number of fused-ring (bicyclic) bond motifs is 1. The molecule has 0 unspecified atom stereocenters. The summed E-state index contributed by atoms with van der Waals surface area (Å²) >= 11 is 0. The normalized spacial score (nSPS) is 11.5. The van der Waals surface area contributed by atoms with E-state index in [9.17, 15) is 19.2 Å². The highest BCUT2D eigenvalue weighted by Crippen LogP contribution is 2.41. The molecule has 7 rings (SSSR count). The predicted molar refractivity (Wildman–Crippen MR) is 263 cm³/mol. The van der Waals surface area contributed by atoms with Gasteiger partial charge in [-0.05, 0) is 108 Å². The lowest BCUT2D eigenvalue weighted by atomic mass is 10.1. The summed E-state index contributed by atoms with van der Waals surface area (Å²) in [6.07, 6.45) is 0. The van der Waals surface area contributed by atoms with Crippen LogP contribution >= 0.6 is 0 Å². The van der Waals surface area contributed by atoms with Gasteiger partial charge in [-0.2, -0.15) is 0 Å². The van der Waals surface area contributed by atoms with Crippen molar-refractivity contribution in [3.8, 4) is 51.7 Å². The number of ether oxygens (including phenoxy) is 9. The highest BCUT2D eigenvalue weighted by atomic mass is 16.5. The Labute approximate surface area is 414 Å². The second-order valence-corrected chi connectivity index (χ2v) is 15.5. The van der Waals surface area contributed by atoms with Crippen molar-refractivity contribution in [1.82, 2.24) is 9.80 Å². The van der Waals surface area contributed by atoms with Crippen molar-refractivity contribution in [3.63, 3.8) is 0 Å². The van der Waals surface area contributed by atoms with Crippen LogP contribution in [0.15, 0.2) is 121 Å². The third-order valence-electron chi connectivity index (χ3n) is 11.4. The Hall–Kier alpha value is -8.18. The summed E-state index contributed by atoms with van der Waals surface area (Å²) in [5.74, 6) is 2.12. The summed E-state index contributed by atoms with van der Waals surface area (Å²) in [5, 5.41) is 0. The quantitative estimate of drug-likeness (QED) is 0.0322. The second-order valence-electron chi connectivity index (χ2n) is 15.5. The standard InChI is InChI=1S/C30H34N2O6.C24H21BO8/c1-5-31(6-2)17-18-32-29(33)25-15-16-26(37-19-21-7-11-23(35-3)12-8-21)28(27(25)30(32)34)38-20-22-9-13-24(36-4)14-10-22;1-28-18-7-3-16(4-8-18)13-30-21-12-11-20(32-15-26)22(24(27)33-25)23(21)31-14-17-5-9-19(29-2)10-6-17/h7-16H,5-6,17-20H2,1-4H3;3-12,15H,13-14H2,1-2H3. The van der Waals surface area contributed by atoms with E-state index >= 15 is 0 Å². The Morgan fingerprint density at radius 1 is 0.535 bits per heavy atom. The van der Waals surface area contributed by atoms with Gasteiger partial charge in [0.1, 0.15) is 60.7 Å². The average molecular weight is 967 g/mol. The lowest BCUT2D eigenvalue weighted by Gasteiger charge is -2.21. The van der Waals surface area contributed by atoms with Gasteiger partial charge in [0.2, 0.25) is 0 Å². The monoisotopic (exact) mass is 966 g/mol. The van der Waals surface area contributed by atoms with Crippen LogP contribution in [-0.4, -0.2) is 96.7 Å². The van der Waals surface area contributed by atoms with Crippen molar-refractivity contribution in [2.45, 2.75) is 40.3 Å². The summed E-state index contributed by atoms with van der Waals surface area (Å²) < 4.78 is 54.2. The zero-order valence-corrected chi connectivity index (χ0v) is 40.5. The summed E-state index contributed by atoms with van der Waals surface area (Å²) in [6, 6.07) is 35.8. The molecule has 1 aliphatic heterocycles. The van der Waals surface area contributed by atoms with Gasteiger partial charge in [-0.15, -0.1) is 0 Å². The molecule has 71 heavy (non-hydrogen) atoms. The number of hydrogen-bond acceptors (Lipinski definition) is 15. The molecule has 6 aromatic carbocycles. The molecule has 6 aromatic rings. The van der Waals surface area contributed by atoms with Gasteiger partial charge in [0.05, 0.1) is 39.6 Å². The maximum Gasteiger partial charge on any atom is 0.378 e. The second kappa shape index (κ2) is 26.0. The Kier molecular flexibility index (Phi) is 19.1. The molecule has 2 radical (unpaired) electrons. The van der Waals surface area contributed by atoms with Gasteiger partial charge in [-0.25, -0.2) is 4.79 Å². The van der Waals surface area contributed by atoms with E-state index in [1.807, 2.05) is 72.8 Å². The SMILES string of the molecule is CCN(CC)CCN1C(=O)c2ccc(OCc3ccc(OC)cc3)c(OCc3ccc(OC)cc3)c2C1=O.[B]OC(=O)c1c(OC=O)ccc(OCc2ccc(OC)cc2)c1OCc1ccc(OC)cc1. The minimum Gasteiger partial charge on any atom is -0.540 e. The van der Waals surface area contributed by atoms with Crippen molar-refractivity contribution < 1.29 is 66.5 Å². The van der Waals surface area contributed by atoms with Crippen LogP contribution in [0, 0.1) is 0 Å². The van der Waals surface area contributed by atoms with E-state index < -0.39 is 5.97 Å². The van der Waals surface area contributed by atoms with Gasteiger partial charge in [0, 0.05) is 13.1 Å². The summed E-state index contributed by atoms with van der Waals surface area (Å²) in [6.45, 7) is 7.64. The number of hydrogen-bond donors (Lipinski definition) is 0. The van der Waals surface area contributed by atoms with Crippen molar-refractivity contribution >= 4 is 32.3 Å². The fourth-order valence-electron chi connectivity index (χ4n) is 7.29. The molecule has 17 heteroatoms. The molecule has 0 aromatic heterocycles. The maximum absolute atomic E-state index is 13.5. The van der Waals surface area contributed by atoms with E-state index in [0.717, 1.165) is 46.8 Å². The lowest BCUT2D eigenvalue weighted by molar-refractivity contribution is -0.120. The first-order valence-electron chi connectivity index (χ1n) is 22.5. The van der Waals surface area contributed by atoms with E-state index in [0.29, 0.717) is 35.9 Å². The van der Waals surface area contributed by atoms with Crippen LogP contribution in [0.1, 0.15) is 67.2 Å². The van der Waals surface area contributed by atoms with Gasteiger partial charge in [-0.3, -0.25) is 19.3 Å². The zero-order valence-electron chi connectivity index (χ0n) is 40.5. The zero-order chi connectivity index (χ0) is 50.7. The van der Waals surface area contributed by atoms with Crippen molar-refractivity contribution in [1.29, 1.82) is 0 Å². The molecule has 0 saturated carbocycles. The lowest BCUT2D eigenvalue weighted by Crippen LogP contribution is -2.38. The molecule has 0 saturated heterocycles. The molecule has 0 aliphatic carbocycles. The van der Waals surface area contributed by atoms with Gasteiger partial charge < -0.3 is 52.2 Å². The molecule has 0 fully saturated rings. The number of rotatable bonds is 24. The summed E-state index contributed by atoms with van der Waals surface area (Å²) in [7, 11) is 11.5. The number of carbonyl (C=O) groups is 4. The fourth-order valence-corrected chi connectivity index (χ4v) is 7.29. The molecule has 0 spiro atoms. The van der Waals surface area contributed by atoms with Gasteiger partial charge in [0.15, 0.2) is 23.0 Å². The fraction of sp³-hybridized carbons (Fsp3) is 0.259. The number of nitrogens with zero attached hydrogens (tertiary/aromatic N) is 2. The largest absolute Gasteiger partial charge is 0.540 e. The van der Waals surface area contributed by atoms with Gasteiger partial charge in [-0.1, -0.05) is 62.4 Å². The highest BCUT2D eigenvalue weighted by molar-refractivity contribution is 6.23. The van der Waals surface area contributed by atoms with Crippen LogP contribution in [0.3, 0.4) is 0 Å². The molecule has 1 heterocycles. The Morgan fingerprint density at radius 2 is 0.930 bits per heavy atom. The minimum atomic E-state index is -0.952. The van der Waals surface area contributed by atoms with E-state index in [-0.39, 0.29) is 78.8 Å². The van der Waals surface area contributed by atoms with Crippen LogP contribution < -0.4 is 42.6 Å². The minimum absolute atomic E-state index is 0.0223. The van der Waals surface area contributed by atoms with Crippen LogP contribution in [0.25, 0.3) is 0 Å². The molecule has 368 valence electrons. The van der Waals surface area contributed by atoms with Crippen molar-refractivity contribution in [3.05, 3.63) is 160 Å². The molecule has 0 atom stereocenters. The topological polar surface area (TPSA) is 167 Å². The van der Waals surface area contributed by atoms with Crippen molar-refractivity contribution in [2.24, 2.45) is 0 Å². The molecular formula is C54H55BN2O14. The van der Waals surface area contributed by atoms with Gasteiger partial charge in [0.25, 0.3) is 18.3 Å². The predicted octanol–water partition coefficient (Wildman–Crippen LogP) is 8.44. The van der Waals surface area contributed by atoms with E-state index in [2.05, 4.69) is 23.4 Å². The number of amides is 2. The number of methoxy groups -OCH3 is 4. The third kappa shape index (κ3) is 13.5. The molecule has 2 amide bonds. The van der Waals surface area contributed by atoms with E-state index in [4.69, 9.17) is 50.7 Å². The van der Waals surface area contributed by atoms with E-state index in [1.54, 1.807) is 64.8 Å². The van der Waals surface area contributed by atoms with E-state index in [1.165, 1.54) is 17.0 Å². The number of likely N-dealkylation sites (N-methyl/N-ethyl adjacent to an activating group) is 1. The summed E-state index contributed by atoms with van der Waals surface area (Å²) in [5.41, 5.74) is 3.87. The first-order valence-corrected chi connectivity index (χ1v) is 22.5.